The molecule has 0 bridgehead atoms. The molecule has 0 aliphatic heterocycles. The van der Waals surface area contributed by atoms with Crippen LogP contribution in [0.25, 0.3) is 0 Å². The van der Waals surface area contributed by atoms with Gasteiger partial charge in [0.05, 0.1) is 0 Å². The van der Waals surface area contributed by atoms with Gasteiger partial charge in [0, 0.05) is 0 Å². The third-order valence-electron chi connectivity index (χ3n) is 3.62. The summed E-state index contributed by atoms with van der Waals surface area (Å²) in [6.07, 6.45) is 0. The molecule has 0 fully saturated rings. The van der Waals surface area contributed by atoms with Crippen molar-refractivity contribution in [2.24, 2.45) is 0 Å². The number of rotatable bonds is 2. The van der Waals surface area contributed by atoms with Crippen LogP contribution in [0.4, 0.5) is 0 Å². The fourth-order valence-electron chi connectivity index (χ4n) is 2.04. The predicted molar refractivity (Wildman–Crippen MR) is 67.9 cm³/mol. The van der Waals surface area contributed by atoms with Crippen LogP contribution in [0.5, 0.6) is 0 Å². The maximum atomic E-state index is 2.25. The van der Waals surface area contributed by atoms with E-state index in [-0.39, 0.29) is 0 Å². The van der Waals surface area contributed by atoms with E-state index in [0.29, 0.717) is 0 Å². The summed E-state index contributed by atoms with van der Waals surface area (Å²) in [7, 11) is 4.26. The van der Waals surface area contributed by atoms with Gasteiger partial charge in [-0.2, -0.15) is 0 Å². The van der Waals surface area contributed by atoms with Crippen LogP contribution >= 0.6 is 0 Å². The first kappa shape index (κ1) is 13.8. The summed E-state index contributed by atoms with van der Waals surface area (Å²) in [5.41, 5.74) is 8.68. The molecule has 0 N–H and O–H groups in total. The van der Waals surface area contributed by atoms with Crippen LogP contribution in [0.1, 0.15) is 33.4 Å². The second-order valence-electron chi connectivity index (χ2n) is 4.70. The Balaban J connectivity index is 3.58. The Morgan fingerprint density at radius 3 is 1.38 bits per heavy atom. The fraction of sp³-hybridized carbons (Fsp3) is 0.500. The van der Waals surface area contributed by atoms with Gasteiger partial charge in [0.1, 0.15) is 0 Å². The molecule has 1 nitrogen and oxygen atoms in total. The van der Waals surface area contributed by atoms with Crippen LogP contribution in [-0.2, 0) is 19.4 Å². The van der Waals surface area contributed by atoms with Gasteiger partial charge in [-0.1, -0.05) is 0 Å². The van der Waals surface area contributed by atoms with Crippen molar-refractivity contribution in [3.8, 4) is 0 Å². The molecule has 88 valence electrons. The number of nitrogens with zero attached hydrogens (tertiary/aromatic N) is 1. The molecule has 0 amide bonds. The van der Waals surface area contributed by atoms with Crippen molar-refractivity contribution < 1.29 is 19.4 Å². The summed E-state index contributed by atoms with van der Waals surface area (Å²) in [5, 5.41) is 0. The Labute approximate surface area is 110 Å². The van der Waals surface area contributed by atoms with Crippen LogP contribution < -0.4 is 0 Å². The van der Waals surface area contributed by atoms with Gasteiger partial charge < -0.3 is 0 Å². The Morgan fingerprint density at radius 1 is 0.750 bits per heavy atom. The summed E-state index contributed by atoms with van der Waals surface area (Å²) in [4.78, 5) is 2.24. The second kappa shape index (κ2) is 4.94. The van der Waals surface area contributed by atoms with Gasteiger partial charge in [0.25, 0.3) is 0 Å². The molecule has 1 rings (SSSR count). The van der Waals surface area contributed by atoms with E-state index in [0.717, 1.165) is 0 Å². The van der Waals surface area contributed by atoms with E-state index in [4.69, 9.17) is 0 Å². The third-order valence-corrected chi connectivity index (χ3v) is 5.67. The molecule has 0 aliphatic rings. The molecule has 0 atom stereocenters. The molecule has 16 heavy (non-hydrogen) atoms. The van der Waals surface area contributed by atoms with Crippen LogP contribution in [0.15, 0.2) is 0 Å². The minimum absolute atomic E-state index is 1.43. The van der Waals surface area contributed by atoms with Crippen molar-refractivity contribution >= 4 is 4.02 Å². The molecular weight excluding hydrogens is 366 g/mol. The zero-order chi connectivity index (χ0) is 12.6. The fourth-order valence-corrected chi connectivity index (χ4v) is 3.14. The average molecular weight is 387 g/mol. The van der Waals surface area contributed by atoms with Crippen LogP contribution in [-0.4, -0.2) is 23.0 Å². The molecule has 0 radical (unpaired) electrons. The predicted octanol–water partition coefficient (Wildman–Crippen LogP) is 2.82. The molecule has 2 heteroatoms. The van der Waals surface area contributed by atoms with Gasteiger partial charge in [-0.05, 0) is 0 Å². The van der Waals surface area contributed by atoms with E-state index in [1.807, 2.05) is 0 Å². The monoisotopic (exact) mass is 387 g/mol. The van der Waals surface area contributed by atoms with Crippen LogP contribution in [0, 0.1) is 34.6 Å². The molecule has 0 heterocycles. The summed E-state index contributed by atoms with van der Waals surface area (Å²) in [5.74, 6) is 0. The Kier molecular flexibility index (Phi) is 4.26. The van der Waals surface area contributed by atoms with Crippen LogP contribution in [0.3, 0.4) is 0 Å². The van der Waals surface area contributed by atoms with Gasteiger partial charge in [-0.3, -0.25) is 0 Å². The van der Waals surface area contributed by atoms with Crippen molar-refractivity contribution in [3.63, 3.8) is 0 Å². The second-order valence-corrected chi connectivity index (χ2v) is 6.09. The Hall–Kier alpha value is -0.262. The van der Waals surface area contributed by atoms with E-state index in [1.165, 1.54) is 56.8 Å². The normalized spacial score (nSPS) is 11.0. The zero-order valence-corrected chi connectivity index (χ0v) is 14.3. The van der Waals surface area contributed by atoms with Crippen molar-refractivity contribution in [2.45, 2.75) is 34.6 Å². The molecule has 0 aromatic heterocycles. The third kappa shape index (κ3) is 2.21. The molecule has 1 aromatic rings. The van der Waals surface area contributed by atoms with Gasteiger partial charge in [-0.25, -0.2) is 0 Å². The van der Waals surface area contributed by atoms with E-state index in [9.17, 15) is 0 Å². The van der Waals surface area contributed by atoms with E-state index in [1.54, 1.807) is 0 Å². The first-order valence-corrected chi connectivity index (χ1v) is 7.04. The summed E-state index contributed by atoms with van der Waals surface area (Å²) in [6, 6.07) is 0. The molecule has 0 saturated heterocycles. The molecular formula is C14H21NW. The van der Waals surface area contributed by atoms with Gasteiger partial charge in [0.2, 0.25) is 0 Å². The summed E-state index contributed by atoms with van der Waals surface area (Å²) < 4.78 is 1.43. The van der Waals surface area contributed by atoms with Crippen molar-refractivity contribution in [3.05, 3.63) is 33.4 Å². The maximum absolute atomic E-state index is 2.25. The summed E-state index contributed by atoms with van der Waals surface area (Å²) >= 11 is 1.54. The van der Waals surface area contributed by atoms with Crippen molar-refractivity contribution in [2.75, 3.05) is 14.1 Å². The molecule has 1 aromatic carbocycles. The van der Waals surface area contributed by atoms with Gasteiger partial charge in [-0.15, -0.1) is 0 Å². The van der Waals surface area contributed by atoms with E-state index in [2.05, 4.69) is 53.6 Å². The number of hydrogen-bond acceptors (Lipinski definition) is 1. The van der Waals surface area contributed by atoms with E-state index < -0.39 is 0 Å². The molecule has 0 aliphatic carbocycles. The van der Waals surface area contributed by atoms with Crippen LogP contribution in [0.2, 0.25) is 0 Å². The van der Waals surface area contributed by atoms with Gasteiger partial charge in [0.15, 0.2) is 0 Å². The average Bonchev–Trinajstić information content (AvgIpc) is 2.23. The van der Waals surface area contributed by atoms with Crippen molar-refractivity contribution in [1.29, 1.82) is 0 Å². The first-order valence-electron chi connectivity index (χ1n) is 5.57. The Bertz CT molecular complexity index is 416. The van der Waals surface area contributed by atoms with E-state index >= 15 is 0 Å². The topological polar surface area (TPSA) is 3.24 Å². The first-order chi connectivity index (χ1) is 7.29. The number of benzene rings is 1. The summed E-state index contributed by atoms with van der Waals surface area (Å²) in [6.45, 7) is 11.2. The van der Waals surface area contributed by atoms with Gasteiger partial charge >= 0.3 is 110 Å². The van der Waals surface area contributed by atoms with Crippen molar-refractivity contribution in [1.82, 2.24) is 4.90 Å². The molecule has 0 saturated carbocycles. The minimum atomic E-state index is 1.43. The molecule has 0 unspecified atom stereocenters. The standard InChI is InChI=1S/C14H21N.W/c1-9-10(2)12(4)14(8-15(6)7)13(5)11(9)3;/h1-7H3;. The number of hydrogen-bond donors (Lipinski definition) is 0. The zero-order valence-electron chi connectivity index (χ0n) is 11.4. The SMILES string of the molecule is Cc1c(C)c(C)c([C](=[W])N(C)C)c(C)c1C. The Morgan fingerprint density at radius 2 is 1.06 bits per heavy atom. The quantitative estimate of drug-likeness (QED) is 0.755. The molecule has 0 spiro atoms.